The van der Waals surface area contributed by atoms with Crippen molar-refractivity contribution >= 4 is 0 Å². The Morgan fingerprint density at radius 3 is 2.77 bits per heavy atom. The molecule has 0 saturated carbocycles. The molecule has 0 spiro atoms. The molecule has 0 radical (unpaired) electrons. The van der Waals surface area contributed by atoms with Crippen LogP contribution in [0.2, 0.25) is 0 Å². The minimum absolute atomic E-state index is 0.295. The first-order chi connectivity index (χ1) is 10.9. The number of hydrogen-bond donors (Lipinski definition) is 0. The van der Waals surface area contributed by atoms with Crippen LogP contribution >= 0.6 is 0 Å². The van der Waals surface area contributed by atoms with Crippen molar-refractivity contribution in [3.8, 4) is 28.8 Å². The Balaban J connectivity index is 1.44. The lowest BCUT2D eigenvalue weighted by molar-refractivity contribution is 0.170. The molecule has 3 heterocycles. The molecule has 2 aromatic heterocycles. The van der Waals surface area contributed by atoms with Gasteiger partial charge in [-0.15, -0.1) is 0 Å². The zero-order valence-electron chi connectivity index (χ0n) is 11.7. The fraction of sp³-hybridized carbons (Fsp3) is 0.188. The molecule has 0 atom stereocenters. The second kappa shape index (κ2) is 5.48. The SMILES string of the molecule is c1coc(-c2cc(COc3ccc4c(c3)OCCO4)no2)c1. The summed E-state index contributed by atoms with van der Waals surface area (Å²) in [6.45, 7) is 1.41. The van der Waals surface area contributed by atoms with Gasteiger partial charge in [-0.2, -0.15) is 0 Å². The summed E-state index contributed by atoms with van der Waals surface area (Å²) >= 11 is 0. The summed E-state index contributed by atoms with van der Waals surface area (Å²) < 4.78 is 27.2. The van der Waals surface area contributed by atoms with Gasteiger partial charge in [0.1, 0.15) is 31.3 Å². The van der Waals surface area contributed by atoms with E-state index in [-0.39, 0.29) is 0 Å². The fourth-order valence-corrected chi connectivity index (χ4v) is 2.19. The molecule has 0 aliphatic carbocycles. The van der Waals surface area contributed by atoms with Crippen LogP contribution in [0, 0.1) is 0 Å². The number of benzene rings is 1. The molecule has 0 saturated heterocycles. The van der Waals surface area contributed by atoms with Gasteiger partial charge in [0.05, 0.1) is 6.26 Å². The number of rotatable bonds is 4. The molecule has 112 valence electrons. The average Bonchev–Trinajstić information content (AvgIpc) is 3.24. The van der Waals surface area contributed by atoms with Gasteiger partial charge in [-0.05, 0) is 24.3 Å². The highest BCUT2D eigenvalue weighted by atomic mass is 16.6. The topological polar surface area (TPSA) is 66.9 Å². The summed E-state index contributed by atoms with van der Waals surface area (Å²) in [5.74, 6) is 3.33. The number of nitrogens with zero attached hydrogens (tertiary/aromatic N) is 1. The highest BCUT2D eigenvalue weighted by molar-refractivity contribution is 5.49. The van der Waals surface area contributed by atoms with E-state index in [9.17, 15) is 0 Å². The van der Waals surface area contributed by atoms with Crippen molar-refractivity contribution in [1.82, 2.24) is 5.16 Å². The van der Waals surface area contributed by atoms with Crippen LogP contribution in [0.5, 0.6) is 17.2 Å². The molecule has 6 heteroatoms. The van der Waals surface area contributed by atoms with E-state index in [2.05, 4.69) is 5.16 Å². The monoisotopic (exact) mass is 299 g/mol. The Labute approximate surface area is 126 Å². The maximum absolute atomic E-state index is 5.70. The van der Waals surface area contributed by atoms with Gasteiger partial charge in [0, 0.05) is 12.1 Å². The van der Waals surface area contributed by atoms with Crippen molar-refractivity contribution in [2.24, 2.45) is 0 Å². The van der Waals surface area contributed by atoms with Crippen LogP contribution in [-0.4, -0.2) is 18.4 Å². The van der Waals surface area contributed by atoms with E-state index >= 15 is 0 Å². The van der Waals surface area contributed by atoms with Crippen LogP contribution in [0.3, 0.4) is 0 Å². The van der Waals surface area contributed by atoms with Gasteiger partial charge < -0.3 is 23.2 Å². The summed E-state index contributed by atoms with van der Waals surface area (Å²) in [5, 5.41) is 3.96. The first-order valence-electron chi connectivity index (χ1n) is 6.90. The van der Waals surface area contributed by atoms with E-state index in [0.717, 1.165) is 5.75 Å². The predicted octanol–water partition coefficient (Wildman–Crippen LogP) is 3.28. The minimum atomic E-state index is 0.295. The lowest BCUT2D eigenvalue weighted by Gasteiger charge is -2.18. The standard InChI is InChI=1S/C16H13NO5/c1-2-13(18-5-1)16-8-11(17-22-16)10-21-12-3-4-14-15(9-12)20-7-6-19-14/h1-5,8-9H,6-7,10H2. The fourth-order valence-electron chi connectivity index (χ4n) is 2.19. The first kappa shape index (κ1) is 12.8. The number of fused-ring (bicyclic) bond motifs is 1. The number of ether oxygens (including phenoxy) is 3. The Kier molecular flexibility index (Phi) is 3.19. The molecule has 4 rings (SSSR count). The molecular formula is C16H13NO5. The van der Waals surface area contributed by atoms with E-state index < -0.39 is 0 Å². The minimum Gasteiger partial charge on any atom is -0.487 e. The Hall–Kier alpha value is -2.89. The molecule has 6 nitrogen and oxygen atoms in total. The van der Waals surface area contributed by atoms with Crippen LogP contribution in [0.1, 0.15) is 5.69 Å². The zero-order chi connectivity index (χ0) is 14.8. The predicted molar refractivity (Wildman–Crippen MR) is 76.0 cm³/mol. The number of aromatic nitrogens is 1. The van der Waals surface area contributed by atoms with Crippen LogP contribution in [0.15, 0.2) is 51.6 Å². The smallest absolute Gasteiger partial charge is 0.202 e. The number of furan rings is 1. The maximum atomic E-state index is 5.70. The van der Waals surface area contributed by atoms with Crippen molar-refractivity contribution in [3.05, 3.63) is 48.4 Å². The van der Waals surface area contributed by atoms with E-state index in [1.807, 2.05) is 24.3 Å². The van der Waals surface area contributed by atoms with Gasteiger partial charge in [-0.1, -0.05) is 5.16 Å². The van der Waals surface area contributed by atoms with E-state index in [1.165, 1.54) is 0 Å². The van der Waals surface area contributed by atoms with Crippen molar-refractivity contribution in [2.75, 3.05) is 13.2 Å². The second-order valence-electron chi connectivity index (χ2n) is 4.75. The van der Waals surface area contributed by atoms with Crippen LogP contribution in [0.25, 0.3) is 11.5 Å². The lowest BCUT2D eigenvalue weighted by Crippen LogP contribution is -2.15. The first-order valence-corrected chi connectivity index (χ1v) is 6.90. The number of hydrogen-bond acceptors (Lipinski definition) is 6. The van der Waals surface area contributed by atoms with Crippen LogP contribution in [0.4, 0.5) is 0 Å². The van der Waals surface area contributed by atoms with Gasteiger partial charge in [0.25, 0.3) is 0 Å². The molecule has 1 aliphatic heterocycles. The van der Waals surface area contributed by atoms with Gasteiger partial charge in [-0.25, -0.2) is 0 Å². The molecular weight excluding hydrogens is 286 g/mol. The van der Waals surface area contributed by atoms with Gasteiger partial charge in [0.15, 0.2) is 17.3 Å². The van der Waals surface area contributed by atoms with E-state index in [0.29, 0.717) is 48.5 Å². The van der Waals surface area contributed by atoms with Crippen molar-refractivity contribution in [1.29, 1.82) is 0 Å². The third kappa shape index (κ3) is 2.50. The lowest BCUT2D eigenvalue weighted by atomic mass is 10.3. The van der Waals surface area contributed by atoms with Crippen LogP contribution < -0.4 is 14.2 Å². The normalized spacial score (nSPS) is 13.1. The molecule has 1 aliphatic rings. The molecule has 0 amide bonds. The van der Waals surface area contributed by atoms with Gasteiger partial charge >= 0.3 is 0 Å². The maximum Gasteiger partial charge on any atom is 0.202 e. The molecule has 1 aromatic carbocycles. The molecule has 3 aromatic rings. The van der Waals surface area contributed by atoms with Crippen LogP contribution in [-0.2, 0) is 6.61 Å². The summed E-state index contributed by atoms with van der Waals surface area (Å²) in [5.41, 5.74) is 0.682. The second-order valence-corrected chi connectivity index (χ2v) is 4.75. The quantitative estimate of drug-likeness (QED) is 0.736. The zero-order valence-corrected chi connectivity index (χ0v) is 11.7. The Morgan fingerprint density at radius 2 is 1.91 bits per heavy atom. The summed E-state index contributed by atoms with van der Waals surface area (Å²) in [6, 6.07) is 10.9. The molecule has 22 heavy (non-hydrogen) atoms. The molecule has 0 fully saturated rings. The molecule has 0 N–H and O–H groups in total. The van der Waals surface area contributed by atoms with Crippen molar-refractivity contribution in [3.63, 3.8) is 0 Å². The van der Waals surface area contributed by atoms with Crippen molar-refractivity contribution < 1.29 is 23.2 Å². The van der Waals surface area contributed by atoms with Gasteiger partial charge in [0.2, 0.25) is 5.76 Å². The van der Waals surface area contributed by atoms with Crippen molar-refractivity contribution in [2.45, 2.75) is 6.61 Å². The summed E-state index contributed by atoms with van der Waals surface area (Å²) in [7, 11) is 0. The van der Waals surface area contributed by atoms with E-state index in [1.54, 1.807) is 18.4 Å². The molecule has 0 bridgehead atoms. The summed E-state index contributed by atoms with van der Waals surface area (Å²) in [4.78, 5) is 0. The third-order valence-corrected chi connectivity index (χ3v) is 3.22. The largest absolute Gasteiger partial charge is 0.487 e. The third-order valence-electron chi connectivity index (χ3n) is 3.22. The summed E-state index contributed by atoms with van der Waals surface area (Å²) in [6.07, 6.45) is 1.59. The Morgan fingerprint density at radius 1 is 1.00 bits per heavy atom. The Bertz CT molecular complexity index is 763. The van der Waals surface area contributed by atoms with E-state index in [4.69, 9.17) is 23.2 Å². The highest BCUT2D eigenvalue weighted by Crippen LogP contribution is 2.33. The average molecular weight is 299 g/mol. The molecule has 0 unspecified atom stereocenters. The highest BCUT2D eigenvalue weighted by Gasteiger charge is 2.13. The van der Waals surface area contributed by atoms with Gasteiger partial charge in [-0.3, -0.25) is 0 Å².